The maximum Gasteiger partial charge on any atom is 0.334 e. The van der Waals surface area contributed by atoms with Crippen molar-refractivity contribution < 1.29 is 24.2 Å². The van der Waals surface area contributed by atoms with Gasteiger partial charge in [-0.2, -0.15) is 0 Å². The largest absolute Gasteiger partial charge is 0.482 e. The molecule has 1 heterocycles. The van der Waals surface area contributed by atoms with Crippen LogP contribution in [0.2, 0.25) is 5.02 Å². The highest BCUT2D eigenvalue weighted by Crippen LogP contribution is 2.23. The SMILES string of the molecule is O=C(O)[C@H]1CN(C(=O)COc2ccccc2Cl)CCO1. The first kappa shape index (κ1) is 14.6. The molecule has 1 aromatic carbocycles. The van der Waals surface area contributed by atoms with Crippen molar-refractivity contribution in [2.45, 2.75) is 6.10 Å². The highest BCUT2D eigenvalue weighted by Gasteiger charge is 2.29. The van der Waals surface area contributed by atoms with E-state index in [1.807, 2.05) is 0 Å². The fourth-order valence-corrected chi connectivity index (χ4v) is 2.01. The quantitative estimate of drug-likeness (QED) is 0.898. The summed E-state index contributed by atoms with van der Waals surface area (Å²) in [5.41, 5.74) is 0. The zero-order chi connectivity index (χ0) is 14.5. The number of carboxylic acids is 1. The summed E-state index contributed by atoms with van der Waals surface area (Å²) >= 11 is 5.91. The molecule has 0 unspecified atom stereocenters. The summed E-state index contributed by atoms with van der Waals surface area (Å²) in [6, 6.07) is 6.84. The summed E-state index contributed by atoms with van der Waals surface area (Å²) in [4.78, 5) is 24.2. The lowest BCUT2D eigenvalue weighted by atomic mass is 10.2. The van der Waals surface area contributed by atoms with E-state index in [2.05, 4.69) is 0 Å². The lowest BCUT2D eigenvalue weighted by molar-refractivity contribution is -0.159. The molecule has 108 valence electrons. The fourth-order valence-electron chi connectivity index (χ4n) is 1.82. The van der Waals surface area contributed by atoms with Crippen molar-refractivity contribution in [3.8, 4) is 5.75 Å². The molecule has 2 rings (SSSR count). The van der Waals surface area contributed by atoms with Crippen LogP contribution in [0.4, 0.5) is 0 Å². The summed E-state index contributed by atoms with van der Waals surface area (Å²) < 4.78 is 10.4. The molecule has 0 radical (unpaired) electrons. The van der Waals surface area contributed by atoms with Gasteiger partial charge < -0.3 is 19.5 Å². The third kappa shape index (κ3) is 3.61. The number of aliphatic carboxylic acids is 1. The van der Waals surface area contributed by atoms with Gasteiger partial charge in [0, 0.05) is 6.54 Å². The van der Waals surface area contributed by atoms with E-state index in [1.54, 1.807) is 24.3 Å². The van der Waals surface area contributed by atoms with Crippen LogP contribution in [-0.4, -0.2) is 54.3 Å². The summed E-state index contributed by atoms with van der Waals surface area (Å²) in [5.74, 6) is -0.945. The number of carbonyl (C=O) groups is 2. The van der Waals surface area contributed by atoms with Gasteiger partial charge in [-0.25, -0.2) is 4.79 Å². The minimum Gasteiger partial charge on any atom is -0.482 e. The molecule has 6 nitrogen and oxygen atoms in total. The molecule has 0 saturated carbocycles. The molecule has 1 aromatic rings. The van der Waals surface area contributed by atoms with Crippen molar-refractivity contribution in [2.24, 2.45) is 0 Å². The Hall–Kier alpha value is -1.79. The highest BCUT2D eigenvalue weighted by molar-refractivity contribution is 6.32. The van der Waals surface area contributed by atoms with Crippen LogP contribution in [0.5, 0.6) is 5.75 Å². The number of hydrogen-bond donors (Lipinski definition) is 1. The molecule has 0 spiro atoms. The molecule has 20 heavy (non-hydrogen) atoms. The van der Waals surface area contributed by atoms with Crippen molar-refractivity contribution in [1.82, 2.24) is 4.90 Å². The standard InChI is InChI=1S/C13H14ClNO5/c14-9-3-1-2-4-10(9)20-8-12(16)15-5-6-19-11(7-15)13(17)18/h1-4,11H,5-8H2,(H,17,18)/t11-/m1/s1. The van der Waals surface area contributed by atoms with Crippen LogP contribution in [0.1, 0.15) is 0 Å². The van der Waals surface area contributed by atoms with Crippen molar-refractivity contribution in [1.29, 1.82) is 0 Å². The van der Waals surface area contributed by atoms with Gasteiger partial charge in [0.15, 0.2) is 12.7 Å². The number of morpholine rings is 1. The van der Waals surface area contributed by atoms with Gasteiger partial charge in [-0.05, 0) is 12.1 Å². The number of ether oxygens (including phenoxy) is 2. The third-order valence-corrected chi connectivity index (χ3v) is 3.19. The first-order valence-electron chi connectivity index (χ1n) is 6.07. The molecular formula is C13H14ClNO5. The van der Waals surface area contributed by atoms with Crippen LogP contribution in [0.15, 0.2) is 24.3 Å². The van der Waals surface area contributed by atoms with Crippen LogP contribution in [0.3, 0.4) is 0 Å². The fraction of sp³-hybridized carbons (Fsp3) is 0.385. The lowest BCUT2D eigenvalue weighted by Crippen LogP contribution is -2.49. The van der Waals surface area contributed by atoms with Gasteiger partial charge >= 0.3 is 5.97 Å². The Labute approximate surface area is 120 Å². The predicted octanol–water partition coefficient (Wildman–Crippen LogP) is 1.03. The van der Waals surface area contributed by atoms with E-state index in [4.69, 9.17) is 26.2 Å². The van der Waals surface area contributed by atoms with E-state index >= 15 is 0 Å². The van der Waals surface area contributed by atoms with E-state index in [1.165, 1.54) is 4.90 Å². The van der Waals surface area contributed by atoms with Crippen molar-refractivity contribution in [3.63, 3.8) is 0 Å². The Morgan fingerprint density at radius 2 is 2.20 bits per heavy atom. The minimum atomic E-state index is -1.07. The first-order chi connectivity index (χ1) is 9.58. The number of amides is 1. The molecule has 0 bridgehead atoms. The van der Waals surface area contributed by atoms with Gasteiger partial charge in [0.2, 0.25) is 0 Å². The number of nitrogens with zero attached hydrogens (tertiary/aromatic N) is 1. The van der Waals surface area contributed by atoms with Crippen LogP contribution in [0, 0.1) is 0 Å². The molecule has 1 amide bonds. The van der Waals surface area contributed by atoms with Crippen LogP contribution < -0.4 is 4.74 Å². The summed E-state index contributed by atoms with van der Waals surface area (Å²) in [5, 5.41) is 9.29. The van der Waals surface area contributed by atoms with Gasteiger partial charge in [-0.1, -0.05) is 23.7 Å². The number of rotatable bonds is 4. The third-order valence-electron chi connectivity index (χ3n) is 2.88. The zero-order valence-electron chi connectivity index (χ0n) is 10.6. The van der Waals surface area contributed by atoms with E-state index in [-0.39, 0.29) is 25.7 Å². The van der Waals surface area contributed by atoms with Crippen molar-refractivity contribution in [3.05, 3.63) is 29.3 Å². The molecular weight excluding hydrogens is 286 g/mol. The van der Waals surface area contributed by atoms with Crippen molar-refractivity contribution in [2.75, 3.05) is 26.3 Å². The summed E-state index contributed by atoms with van der Waals surface area (Å²) in [6.07, 6.45) is -0.979. The molecule has 1 atom stereocenters. The van der Waals surface area contributed by atoms with Gasteiger partial charge in [-0.3, -0.25) is 4.79 Å². The topological polar surface area (TPSA) is 76.1 Å². The summed E-state index contributed by atoms with van der Waals surface area (Å²) in [6.45, 7) is 0.402. The van der Waals surface area contributed by atoms with E-state index in [0.717, 1.165) is 0 Å². The Kier molecular flexibility index (Phi) is 4.81. The Balaban J connectivity index is 1.89. The van der Waals surface area contributed by atoms with E-state index < -0.39 is 12.1 Å². The average molecular weight is 300 g/mol. The number of carbonyl (C=O) groups excluding carboxylic acids is 1. The number of hydrogen-bond acceptors (Lipinski definition) is 4. The molecule has 0 aromatic heterocycles. The predicted molar refractivity (Wildman–Crippen MR) is 70.9 cm³/mol. The monoisotopic (exact) mass is 299 g/mol. The average Bonchev–Trinajstić information content (AvgIpc) is 2.46. The molecule has 1 N–H and O–H groups in total. The maximum atomic E-state index is 12.0. The Morgan fingerprint density at radius 1 is 1.45 bits per heavy atom. The molecule has 7 heteroatoms. The highest BCUT2D eigenvalue weighted by atomic mass is 35.5. The first-order valence-corrected chi connectivity index (χ1v) is 6.45. The van der Waals surface area contributed by atoms with E-state index in [9.17, 15) is 9.59 Å². The molecule has 0 aliphatic carbocycles. The smallest absolute Gasteiger partial charge is 0.334 e. The van der Waals surface area contributed by atoms with Gasteiger partial charge in [0.1, 0.15) is 5.75 Å². The van der Waals surface area contributed by atoms with Crippen molar-refractivity contribution >= 4 is 23.5 Å². The lowest BCUT2D eigenvalue weighted by Gasteiger charge is -2.30. The van der Waals surface area contributed by atoms with Crippen LogP contribution >= 0.6 is 11.6 Å². The normalized spacial score (nSPS) is 18.6. The van der Waals surface area contributed by atoms with Gasteiger partial charge in [0.05, 0.1) is 18.2 Å². The molecule has 1 aliphatic rings. The van der Waals surface area contributed by atoms with Crippen LogP contribution in [0.25, 0.3) is 0 Å². The zero-order valence-corrected chi connectivity index (χ0v) is 11.4. The Morgan fingerprint density at radius 3 is 2.90 bits per heavy atom. The second kappa shape index (κ2) is 6.58. The number of halogens is 1. The summed E-state index contributed by atoms with van der Waals surface area (Å²) in [7, 11) is 0. The van der Waals surface area contributed by atoms with Gasteiger partial charge in [0.25, 0.3) is 5.91 Å². The molecule has 1 fully saturated rings. The minimum absolute atomic E-state index is 0.0278. The van der Waals surface area contributed by atoms with Crippen LogP contribution in [-0.2, 0) is 14.3 Å². The number of carboxylic acid groups (broad SMARTS) is 1. The number of para-hydroxylation sites is 1. The second-order valence-electron chi connectivity index (χ2n) is 4.26. The maximum absolute atomic E-state index is 12.0. The Bertz CT molecular complexity index is 507. The molecule has 1 aliphatic heterocycles. The molecule has 1 saturated heterocycles. The van der Waals surface area contributed by atoms with E-state index in [0.29, 0.717) is 17.3 Å². The van der Waals surface area contributed by atoms with Gasteiger partial charge in [-0.15, -0.1) is 0 Å². The number of benzene rings is 1. The second-order valence-corrected chi connectivity index (χ2v) is 4.66.